The van der Waals surface area contributed by atoms with Gasteiger partial charge in [-0.05, 0) is 19.1 Å². The summed E-state index contributed by atoms with van der Waals surface area (Å²) < 4.78 is 0. The zero-order chi connectivity index (χ0) is 11.3. The van der Waals surface area contributed by atoms with E-state index in [-0.39, 0.29) is 0 Å². The van der Waals surface area contributed by atoms with Gasteiger partial charge in [0.2, 0.25) is 0 Å². The van der Waals surface area contributed by atoms with Crippen LogP contribution in [0.2, 0.25) is 0 Å². The van der Waals surface area contributed by atoms with Gasteiger partial charge in [0.1, 0.15) is 5.82 Å². The van der Waals surface area contributed by atoms with E-state index in [1.165, 1.54) is 0 Å². The summed E-state index contributed by atoms with van der Waals surface area (Å²) in [6, 6.07) is 0. The molecule has 1 aliphatic heterocycles. The molecule has 0 unspecified atom stereocenters. The van der Waals surface area contributed by atoms with E-state index in [0.29, 0.717) is 0 Å². The number of nitrogens with zero attached hydrogens (tertiary/aromatic N) is 3. The Hall–Kier alpha value is -0.160. The molecule has 0 aromatic carbocycles. The largest absolute Gasteiger partial charge is 0.305 e. The van der Waals surface area contributed by atoms with E-state index in [1.807, 2.05) is 5.01 Å². The first kappa shape index (κ1) is 12.9. The van der Waals surface area contributed by atoms with Gasteiger partial charge >= 0.3 is 0 Å². The van der Waals surface area contributed by atoms with Gasteiger partial charge in [-0.15, -0.1) is 5.10 Å². The molecule has 0 spiro atoms. The van der Waals surface area contributed by atoms with Crippen LogP contribution in [0.25, 0.3) is 0 Å². The van der Waals surface area contributed by atoms with Crippen molar-refractivity contribution in [2.45, 2.75) is 20.3 Å². The van der Waals surface area contributed by atoms with Gasteiger partial charge < -0.3 is 4.90 Å². The van der Waals surface area contributed by atoms with Gasteiger partial charge in [-0.1, -0.05) is 41.2 Å². The molecule has 0 amide bonds. The second-order valence-electron chi connectivity index (χ2n) is 3.14. The smallest absolute Gasteiger partial charge is 0.189 e. The van der Waals surface area contributed by atoms with Crippen LogP contribution in [0.5, 0.6) is 0 Å². The van der Waals surface area contributed by atoms with Crippen molar-refractivity contribution in [2.75, 3.05) is 24.2 Å². The summed E-state index contributed by atoms with van der Waals surface area (Å²) in [7, 11) is 0. The van der Waals surface area contributed by atoms with Crippen LogP contribution in [0.3, 0.4) is 0 Å². The Bertz CT molecular complexity index is 255. The van der Waals surface area contributed by atoms with E-state index in [0.717, 1.165) is 41.6 Å². The Balaban J connectivity index is 2.63. The standard InChI is InChI=1S/C10H18BrN3S/c1-4-13-9(3)14(8-6-7-11)12-10(13)15-5-2/h3-8H2,1-2H3. The topological polar surface area (TPSA) is 18.8 Å². The van der Waals surface area contributed by atoms with Crippen molar-refractivity contribution in [3.63, 3.8) is 0 Å². The fourth-order valence-electron chi connectivity index (χ4n) is 1.41. The highest BCUT2D eigenvalue weighted by atomic mass is 79.9. The maximum Gasteiger partial charge on any atom is 0.189 e. The van der Waals surface area contributed by atoms with Crippen molar-refractivity contribution in [3.05, 3.63) is 12.4 Å². The Labute approximate surface area is 105 Å². The summed E-state index contributed by atoms with van der Waals surface area (Å²) in [6.07, 6.45) is 1.09. The number of halogens is 1. The van der Waals surface area contributed by atoms with Crippen LogP contribution in [-0.2, 0) is 0 Å². The van der Waals surface area contributed by atoms with Gasteiger partial charge in [0.05, 0.1) is 0 Å². The second kappa shape index (κ2) is 6.43. The molecule has 5 heteroatoms. The molecule has 0 atom stereocenters. The van der Waals surface area contributed by atoms with Gasteiger partial charge in [0.25, 0.3) is 0 Å². The maximum atomic E-state index is 4.57. The summed E-state index contributed by atoms with van der Waals surface area (Å²) in [5.41, 5.74) is 0. The molecule has 0 aliphatic carbocycles. The molecule has 86 valence electrons. The zero-order valence-electron chi connectivity index (χ0n) is 9.37. The highest BCUT2D eigenvalue weighted by molar-refractivity contribution is 9.09. The first-order chi connectivity index (χ1) is 7.24. The van der Waals surface area contributed by atoms with Crippen LogP contribution in [0.1, 0.15) is 20.3 Å². The number of hydrogen-bond donors (Lipinski definition) is 0. The fourth-order valence-corrected chi connectivity index (χ4v) is 2.46. The van der Waals surface area contributed by atoms with Gasteiger partial charge in [-0.3, -0.25) is 0 Å². The fraction of sp³-hybridized carbons (Fsp3) is 0.700. The minimum atomic E-state index is 0.939. The van der Waals surface area contributed by atoms with E-state index >= 15 is 0 Å². The highest BCUT2D eigenvalue weighted by Crippen LogP contribution is 2.24. The number of alkyl halides is 1. The molecule has 3 nitrogen and oxygen atoms in total. The van der Waals surface area contributed by atoms with E-state index in [9.17, 15) is 0 Å². The SMILES string of the molecule is C=C1N(CCCBr)N=C(SCC)N1CC. The van der Waals surface area contributed by atoms with Gasteiger partial charge in [0.15, 0.2) is 5.17 Å². The van der Waals surface area contributed by atoms with Crippen molar-refractivity contribution in [1.82, 2.24) is 9.91 Å². The Morgan fingerprint density at radius 3 is 2.73 bits per heavy atom. The molecule has 0 saturated heterocycles. The molecule has 0 aromatic heterocycles. The van der Waals surface area contributed by atoms with Crippen LogP contribution < -0.4 is 0 Å². The molecule has 15 heavy (non-hydrogen) atoms. The quantitative estimate of drug-likeness (QED) is 0.726. The lowest BCUT2D eigenvalue weighted by Crippen LogP contribution is -2.27. The Morgan fingerprint density at radius 1 is 1.47 bits per heavy atom. The average Bonchev–Trinajstić information content (AvgIpc) is 2.52. The molecular weight excluding hydrogens is 274 g/mol. The predicted octanol–water partition coefficient (Wildman–Crippen LogP) is 2.90. The lowest BCUT2D eigenvalue weighted by molar-refractivity contribution is 0.326. The van der Waals surface area contributed by atoms with E-state index in [1.54, 1.807) is 11.8 Å². The van der Waals surface area contributed by atoms with Gasteiger partial charge in [0, 0.05) is 18.4 Å². The van der Waals surface area contributed by atoms with Crippen molar-refractivity contribution in [2.24, 2.45) is 5.10 Å². The molecule has 0 radical (unpaired) electrons. The van der Waals surface area contributed by atoms with Crippen LogP contribution in [0.4, 0.5) is 0 Å². The first-order valence-electron chi connectivity index (χ1n) is 5.25. The van der Waals surface area contributed by atoms with E-state index in [4.69, 9.17) is 0 Å². The minimum Gasteiger partial charge on any atom is -0.305 e. The molecular formula is C10H18BrN3S. The molecule has 0 aromatic rings. The van der Waals surface area contributed by atoms with Crippen molar-refractivity contribution < 1.29 is 0 Å². The summed E-state index contributed by atoms with van der Waals surface area (Å²) in [4.78, 5) is 2.17. The Morgan fingerprint density at radius 2 is 2.20 bits per heavy atom. The van der Waals surface area contributed by atoms with Crippen LogP contribution in [0, 0.1) is 0 Å². The summed E-state index contributed by atoms with van der Waals surface area (Å²) in [5.74, 6) is 2.06. The van der Waals surface area contributed by atoms with Crippen LogP contribution in [0.15, 0.2) is 17.5 Å². The van der Waals surface area contributed by atoms with E-state index < -0.39 is 0 Å². The van der Waals surface area contributed by atoms with Gasteiger partial charge in [-0.25, -0.2) is 5.01 Å². The minimum absolute atomic E-state index is 0.939. The number of hydrogen-bond acceptors (Lipinski definition) is 4. The van der Waals surface area contributed by atoms with E-state index in [2.05, 4.69) is 46.4 Å². The Kier molecular flexibility index (Phi) is 5.53. The monoisotopic (exact) mass is 291 g/mol. The maximum absolute atomic E-state index is 4.57. The number of amidine groups is 1. The normalized spacial score (nSPS) is 16.2. The number of hydrazone groups is 1. The lowest BCUT2D eigenvalue weighted by atomic mass is 10.4. The van der Waals surface area contributed by atoms with Crippen LogP contribution in [-0.4, -0.2) is 39.2 Å². The average molecular weight is 292 g/mol. The summed E-state index contributed by atoms with van der Waals surface area (Å²) in [6.45, 7) is 10.2. The summed E-state index contributed by atoms with van der Waals surface area (Å²) >= 11 is 5.21. The molecule has 1 heterocycles. The molecule has 0 N–H and O–H groups in total. The van der Waals surface area contributed by atoms with Crippen molar-refractivity contribution in [3.8, 4) is 0 Å². The molecule has 1 aliphatic rings. The third-order valence-corrected chi connectivity index (χ3v) is 3.55. The molecule has 1 rings (SSSR count). The molecule has 0 bridgehead atoms. The first-order valence-corrected chi connectivity index (χ1v) is 7.36. The number of rotatable bonds is 5. The number of thioether (sulfide) groups is 1. The lowest BCUT2D eigenvalue weighted by Gasteiger charge is -2.21. The van der Waals surface area contributed by atoms with Crippen molar-refractivity contribution >= 4 is 32.9 Å². The van der Waals surface area contributed by atoms with Crippen LogP contribution >= 0.6 is 27.7 Å². The third kappa shape index (κ3) is 3.14. The highest BCUT2D eigenvalue weighted by Gasteiger charge is 2.25. The predicted molar refractivity (Wildman–Crippen MR) is 72.2 cm³/mol. The molecule has 0 saturated carbocycles. The van der Waals surface area contributed by atoms with Gasteiger partial charge in [-0.2, -0.15) is 0 Å². The summed E-state index contributed by atoms with van der Waals surface area (Å²) in [5, 5.41) is 8.66. The molecule has 0 fully saturated rings. The second-order valence-corrected chi connectivity index (χ2v) is 5.17. The zero-order valence-corrected chi connectivity index (χ0v) is 11.8. The van der Waals surface area contributed by atoms with Crippen molar-refractivity contribution in [1.29, 1.82) is 0 Å². The third-order valence-electron chi connectivity index (χ3n) is 2.14.